The van der Waals surface area contributed by atoms with Crippen molar-refractivity contribution in [2.75, 3.05) is 0 Å². The Morgan fingerprint density at radius 2 is 2.06 bits per heavy atom. The van der Waals surface area contributed by atoms with Crippen LogP contribution in [0.5, 0.6) is 0 Å². The van der Waals surface area contributed by atoms with Crippen LogP contribution in [0.3, 0.4) is 0 Å². The highest BCUT2D eigenvalue weighted by atomic mass is 32.3. The third-order valence-electron chi connectivity index (χ3n) is 6.01. The van der Waals surface area contributed by atoms with Crippen LogP contribution in [0.4, 0.5) is 13.2 Å². The van der Waals surface area contributed by atoms with Crippen molar-refractivity contribution >= 4 is 32.7 Å². The van der Waals surface area contributed by atoms with Crippen LogP contribution in [0.25, 0.3) is 4.91 Å². The molecule has 2 N–H and O–H groups in total. The number of hydrogen-bond donors (Lipinski definition) is 2. The van der Waals surface area contributed by atoms with E-state index in [2.05, 4.69) is 14.4 Å². The lowest BCUT2D eigenvalue weighted by atomic mass is 9.99. The fourth-order valence-corrected chi connectivity index (χ4v) is 7.72. The van der Waals surface area contributed by atoms with Crippen LogP contribution < -0.4 is 4.72 Å². The summed E-state index contributed by atoms with van der Waals surface area (Å²) in [6, 6.07) is 8.07. The van der Waals surface area contributed by atoms with Gasteiger partial charge < -0.3 is 9.63 Å². The quantitative estimate of drug-likeness (QED) is 0.688. The minimum atomic E-state index is -4.70. The first-order valence-electron chi connectivity index (χ1n) is 9.29. The number of carbonyl (C=O) groups is 1. The molecule has 2 heterocycles. The largest absolute Gasteiger partial charge is 0.480 e. The number of thioether (sulfide) groups is 1. The van der Waals surface area contributed by atoms with Crippen LogP contribution in [0.2, 0.25) is 0 Å². The predicted molar refractivity (Wildman–Crippen MR) is 104 cm³/mol. The number of aliphatic carboxylic acids is 1. The van der Waals surface area contributed by atoms with E-state index >= 15 is 0 Å². The molecule has 4 atom stereocenters. The Labute approximate surface area is 178 Å². The second-order valence-corrected chi connectivity index (χ2v) is 11.1. The molecule has 0 spiro atoms. The number of aromatic nitrogens is 1. The molecule has 1 fully saturated rings. The predicted octanol–water partition coefficient (Wildman–Crippen LogP) is 3.21. The summed E-state index contributed by atoms with van der Waals surface area (Å²) in [7, 11) is -4.11. The second kappa shape index (κ2) is 6.59. The van der Waals surface area contributed by atoms with Crippen LogP contribution >= 0.6 is 11.8 Å². The maximum absolute atomic E-state index is 13.0. The topological polar surface area (TPSA) is 110 Å². The number of sulfonamides is 1. The Bertz CT molecular complexity index is 1220. The molecule has 4 unspecified atom stereocenters. The van der Waals surface area contributed by atoms with Crippen molar-refractivity contribution in [3.8, 4) is 0 Å². The van der Waals surface area contributed by atoms with E-state index in [4.69, 9.17) is 0 Å². The fourth-order valence-electron chi connectivity index (χ4n) is 4.56. The number of hydrogen-bond acceptors (Lipinski definition) is 6. The van der Waals surface area contributed by atoms with Crippen molar-refractivity contribution < 1.29 is 36.0 Å². The number of rotatable bonds is 5. The summed E-state index contributed by atoms with van der Waals surface area (Å²) in [5, 5.41) is 13.2. The maximum Gasteiger partial charge on any atom is 0.452 e. The third kappa shape index (κ3) is 3.11. The van der Waals surface area contributed by atoms with Crippen molar-refractivity contribution in [3.05, 3.63) is 59.0 Å². The second-order valence-electron chi connectivity index (χ2n) is 7.73. The number of carboxylic acid groups (broad SMARTS) is 1. The van der Waals surface area contributed by atoms with Gasteiger partial charge in [0, 0.05) is 22.8 Å². The number of halogens is 3. The number of nitrogens with one attached hydrogen (secondary N) is 1. The molecule has 3 aliphatic rings. The normalized spacial score (nSPS) is 29.4. The summed E-state index contributed by atoms with van der Waals surface area (Å²) in [5.41, 5.74) is 0.130. The lowest BCUT2D eigenvalue weighted by Crippen LogP contribution is -2.49. The van der Waals surface area contributed by atoms with Crippen molar-refractivity contribution in [1.29, 1.82) is 0 Å². The van der Waals surface area contributed by atoms with Gasteiger partial charge in [-0.3, -0.25) is 4.79 Å². The molecule has 164 valence electrons. The standard InChI is InChI=1S/C19H15F3N2O5S2/c20-19(21,22)14-8-12(23-29-14)13-5-6-15(30-13)31(27,28)24-18(17(25)26)11-7-9-3-1-2-4-10(9)16(11)18/h1-5,8,11,15-16,24H,6-7H2,(H,25,26). The number of carboxylic acids is 1. The Kier molecular flexibility index (Phi) is 4.38. The summed E-state index contributed by atoms with van der Waals surface area (Å²) >= 11 is 0.816. The molecule has 1 aromatic heterocycles. The van der Waals surface area contributed by atoms with Gasteiger partial charge in [-0.05, 0) is 24.0 Å². The molecule has 2 aromatic rings. The maximum atomic E-state index is 13.0. The molecule has 31 heavy (non-hydrogen) atoms. The van der Waals surface area contributed by atoms with E-state index in [0.29, 0.717) is 12.5 Å². The molecule has 7 nitrogen and oxygen atoms in total. The van der Waals surface area contributed by atoms with Gasteiger partial charge in [0.05, 0.1) is 0 Å². The van der Waals surface area contributed by atoms with Crippen LogP contribution in [-0.2, 0) is 27.4 Å². The van der Waals surface area contributed by atoms with Crippen molar-refractivity contribution in [1.82, 2.24) is 9.88 Å². The Balaban J connectivity index is 1.34. The molecular formula is C19H15F3N2O5S2. The van der Waals surface area contributed by atoms with Gasteiger partial charge in [-0.2, -0.15) is 17.9 Å². The molecule has 0 bridgehead atoms. The van der Waals surface area contributed by atoms with Crippen LogP contribution in [0.1, 0.15) is 34.9 Å². The van der Waals surface area contributed by atoms with E-state index in [1.807, 2.05) is 18.2 Å². The number of alkyl halides is 3. The van der Waals surface area contributed by atoms with Crippen LogP contribution in [0.15, 0.2) is 40.9 Å². The van der Waals surface area contributed by atoms with E-state index in [1.165, 1.54) is 6.08 Å². The van der Waals surface area contributed by atoms with Crippen LogP contribution in [-0.4, -0.2) is 34.8 Å². The number of fused-ring (bicyclic) bond motifs is 3. The number of allylic oxidation sites excluding steroid dienone is 1. The smallest absolute Gasteiger partial charge is 0.452 e. The van der Waals surface area contributed by atoms with Crippen molar-refractivity contribution in [3.63, 3.8) is 0 Å². The molecule has 0 saturated heterocycles. The highest BCUT2D eigenvalue weighted by molar-refractivity contribution is 8.18. The van der Waals surface area contributed by atoms with Gasteiger partial charge in [-0.25, -0.2) is 8.42 Å². The minimum absolute atomic E-state index is 0.00512. The first-order valence-corrected chi connectivity index (χ1v) is 11.7. The SMILES string of the molecule is O=C(O)C1(NS(=O)(=O)C2CC=C(c3cc(C(F)(F)F)on3)S2)C2Cc3ccccc3C21. The van der Waals surface area contributed by atoms with Crippen LogP contribution in [0, 0.1) is 5.92 Å². The molecule has 1 saturated carbocycles. The van der Waals surface area contributed by atoms with E-state index in [-0.39, 0.29) is 22.9 Å². The van der Waals surface area contributed by atoms with Gasteiger partial charge in [-0.15, -0.1) is 11.8 Å². The summed E-state index contributed by atoms with van der Waals surface area (Å²) in [4.78, 5) is 12.3. The Morgan fingerprint density at radius 1 is 1.32 bits per heavy atom. The number of nitrogens with zero attached hydrogens (tertiary/aromatic N) is 1. The third-order valence-corrected chi connectivity index (χ3v) is 9.65. The summed E-state index contributed by atoms with van der Waals surface area (Å²) in [6.07, 6.45) is -2.76. The highest BCUT2D eigenvalue weighted by Crippen LogP contribution is 2.64. The van der Waals surface area contributed by atoms with Gasteiger partial charge in [0.2, 0.25) is 15.8 Å². The first kappa shape index (κ1) is 20.6. The van der Waals surface area contributed by atoms with Gasteiger partial charge in [0.1, 0.15) is 15.8 Å². The van der Waals surface area contributed by atoms with Crippen molar-refractivity contribution in [2.24, 2.45) is 5.92 Å². The average molecular weight is 472 g/mol. The lowest BCUT2D eigenvalue weighted by Gasteiger charge is -2.21. The summed E-state index contributed by atoms with van der Waals surface area (Å²) in [6.45, 7) is 0. The zero-order valence-electron chi connectivity index (χ0n) is 15.6. The Morgan fingerprint density at radius 3 is 2.74 bits per heavy atom. The average Bonchev–Trinajstić information content (AvgIpc) is 3.22. The lowest BCUT2D eigenvalue weighted by molar-refractivity contribution is -0.155. The van der Waals surface area contributed by atoms with E-state index in [1.54, 1.807) is 6.07 Å². The number of benzene rings is 1. The van der Waals surface area contributed by atoms with E-state index in [9.17, 15) is 31.5 Å². The highest BCUT2D eigenvalue weighted by Gasteiger charge is 2.74. The summed E-state index contributed by atoms with van der Waals surface area (Å²) < 4.78 is 69.8. The van der Waals surface area contributed by atoms with Crippen molar-refractivity contribution in [2.45, 2.75) is 35.1 Å². The summed E-state index contributed by atoms with van der Waals surface area (Å²) in [5.74, 6) is -3.33. The molecular weight excluding hydrogens is 457 g/mol. The Hall–Kier alpha value is -2.31. The van der Waals surface area contributed by atoms with Gasteiger partial charge in [-0.1, -0.05) is 35.5 Å². The first-order chi connectivity index (χ1) is 14.5. The zero-order chi connectivity index (χ0) is 22.2. The molecule has 1 aliphatic heterocycles. The van der Waals surface area contributed by atoms with Gasteiger partial charge in [0.25, 0.3) is 0 Å². The van der Waals surface area contributed by atoms with E-state index < -0.39 is 44.0 Å². The zero-order valence-corrected chi connectivity index (χ0v) is 17.2. The van der Waals surface area contributed by atoms with Gasteiger partial charge in [0.15, 0.2) is 0 Å². The van der Waals surface area contributed by atoms with E-state index in [0.717, 1.165) is 22.9 Å². The fraction of sp³-hybridized carbons (Fsp3) is 0.368. The monoisotopic (exact) mass is 472 g/mol. The molecule has 0 amide bonds. The minimum Gasteiger partial charge on any atom is -0.480 e. The van der Waals surface area contributed by atoms with Gasteiger partial charge >= 0.3 is 12.1 Å². The molecule has 12 heteroatoms. The molecule has 0 radical (unpaired) electrons. The molecule has 5 rings (SSSR count). The molecule has 2 aliphatic carbocycles. The molecule has 1 aromatic carbocycles.